The van der Waals surface area contributed by atoms with E-state index < -0.39 is 0 Å². The highest BCUT2D eigenvalue weighted by molar-refractivity contribution is 5.92. The van der Waals surface area contributed by atoms with Gasteiger partial charge < -0.3 is 19.4 Å². The van der Waals surface area contributed by atoms with Crippen LogP contribution in [0.1, 0.15) is 21.7 Å². The average molecular weight is 365 g/mol. The van der Waals surface area contributed by atoms with Crippen molar-refractivity contribution in [1.29, 1.82) is 0 Å². The number of carbonyl (C=O) groups excluding carboxylic acids is 1. The van der Waals surface area contributed by atoms with Crippen LogP contribution in [0.25, 0.3) is 10.9 Å². The van der Waals surface area contributed by atoms with Gasteiger partial charge in [-0.25, -0.2) is 4.98 Å². The third kappa shape index (κ3) is 3.01. The third-order valence-electron chi connectivity index (χ3n) is 4.82. The lowest BCUT2D eigenvalue weighted by Crippen LogP contribution is -2.37. The Hall–Kier alpha value is -3.35. The van der Waals surface area contributed by atoms with Crippen LogP contribution in [-0.2, 0) is 13.0 Å². The van der Waals surface area contributed by atoms with E-state index in [2.05, 4.69) is 9.97 Å². The maximum absolute atomic E-state index is 12.9. The van der Waals surface area contributed by atoms with Gasteiger partial charge in [0.25, 0.3) is 11.5 Å². The number of amides is 1. The predicted octanol–water partition coefficient (Wildman–Crippen LogP) is 2.14. The first-order valence-electron chi connectivity index (χ1n) is 8.63. The minimum atomic E-state index is -0.312. The molecule has 0 radical (unpaired) electrons. The third-order valence-corrected chi connectivity index (χ3v) is 4.82. The van der Waals surface area contributed by atoms with Crippen molar-refractivity contribution >= 4 is 16.8 Å². The maximum Gasteiger partial charge on any atom is 0.290 e. The molecule has 0 saturated heterocycles. The molecule has 0 bridgehead atoms. The molecule has 1 N–H and O–H groups in total. The van der Waals surface area contributed by atoms with Crippen molar-refractivity contribution in [1.82, 2.24) is 14.9 Å². The molecule has 1 aliphatic heterocycles. The summed E-state index contributed by atoms with van der Waals surface area (Å²) in [6.45, 7) is 0.961. The highest BCUT2D eigenvalue weighted by Gasteiger charge is 2.25. The van der Waals surface area contributed by atoms with Gasteiger partial charge in [0.1, 0.15) is 0 Å². The van der Waals surface area contributed by atoms with Crippen LogP contribution in [0.2, 0.25) is 0 Å². The fourth-order valence-corrected chi connectivity index (χ4v) is 3.39. The van der Waals surface area contributed by atoms with Crippen LogP contribution < -0.4 is 15.0 Å². The summed E-state index contributed by atoms with van der Waals surface area (Å²) >= 11 is 0. The van der Waals surface area contributed by atoms with E-state index in [9.17, 15) is 9.59 Å². The lowest BCUT2D eigenvalue weighted by atomic mass is 9.98. The van der Waals surface area contributed by atoms with Crippen molar-refractivity contribution in [3.8, 4) is 11.5 Å². The summed E-state index contributed by atoms with van der Waals surface area (Å²) < 4.78 is 10.7. The molecule has 138 valence electrons. The number of benzene rings is 2. The van der Waals surface area contributed by atoms with Gasteiger partial charge >= 0.3 is 0 Å². The zero-order valence-electron chi connectivity index (χ0n) is 15.1. The van der Waals surface area contributed by atoms with Crippen LogP contribution in [0, 0.1) is 0 Å². The van der Waals surface area contributed by atoms with E-state index in [1.807, 2.05) is 12.1 Å². The topological polar surface area (TPSA) is 84.5 Å². The van der Waals surface area contributed by atoms with Crippen LogP contribution in [0.4, 0.5) is 0 Å². The lowest BCUT2D eigenvalue weighted by Gasteiger charge is -2.29. The Bertz CT molecular complexity index is 1090. The number of nitrogens with one attached hydrogen (secondary N) is 1. The van der Waals surface area contributed by atoms with Crippen LogP contribution in [-0.4, -0.2) is 41.5 Å². The van der Waals surface area contributed by atoms with E-state index >= 15 is 0 Å². The monoisotopic (exact) mass is 365 g/mol. The van der Waals surface area contributed by atoms with Gasteiger partial charge in [0, 0.05) is 13.1 Å². The van der Waals surface area contributed by atoms with Gasteiger partial charge in [-0.1, -0.05) is 12.1 Å². The van der Waals surface area contributed by atoms with E-state index in [4.69, 9.17) is 9.47 Å². The Morgan fingerprint density at radius 1 is 1.11 bits per heavy atom. The van der Waals surface area contributed by atoms with Crippen molar-refractivity contribution in [2.24, 2.45) is 0 Å². The molecule has 7 nitrogen and oxygen atoms in total. The molecule has 3 aromatic rings. The van der Waals surface area contributed by atoms with Gasteiger partial charge in [-0.2, -0.15) is 0 Å². The molecule has 2 heterocycles. The number of aromatic nitrogens is 2. The normalized spacial score (nSPS) is 13.3. The molecular formula is C20H19N3O4. The summed E-state index contributed by atoms with van der Waals surface area (Å²) in [5, 5.41) is 0.467. The number of nitrogens with zero attached hydrogens (tertiary/aromatic N) is 2. The average Bonchev–Trinajstić information content (AvgIpc) is 2.71. The molecule has 0 fully saturated rings. The number of methoxy groups -OCH3 is 2. The number of H-pyrrole nitrogens is 1. The second-order valence-electron chi connectivity index (χ2n) is 6.38. The van der Waals surface area contributed by atoms with Crippen LogP contribution >= 0.6 is 0 Å². The zero-order chi connectivity index (χ0) is 19.0. The van der Waals surface area contributed by atoms with Gasteiger partial charge in [0.05, 0.1) is 25.1 Å². The molecule has 27 heavy (non-hydrogen) atoms. The van der Waals surface area contributed by atoms with E-state index in [1.165, 1.54) is 0 Å². The number of hydrogen-bond donors (Lipinski definition) is 1. The smallest absolute Gasteiger partial charge is 0.290 e. The summed E-state index contributed by atoms with van der Waals surface area (Å²) in [6, 6.07) is 10.8. The standard InChI is InChI=1S/C20H19N3O4/c1-26-16-9-12-7-8-23(11-13(12)10-17(16)27-2)20(25)18-21-15-6-4-3-5-14(15)19(24)22-18/h3-6,9-10H,7-8,11H2,1-2H3,(H,21,22,24). The lowest BCUT2D eigenvalue weighted by molar-refractivity contribution is 0.0722. The van der Waals surface area contributed by atoms with E-state index in [1.54, 1.807) is 43.4 Å². The van der Waals surface area contributed by atoms with Crippen molar-refractivity contribution in [3.63, 3.8) is 0 Å². The number of rotatable bonds is 3. The number of ether oxygens (including phenoxy) is 2. The van der Waals surface area contributed by atoms with Crippen molar-refractivity contribution in [2.75, 3.05) is 20.8 Å². The molecule has 1 amide bonds. The number of para-hydroxylation sites is 1. The van der Waals surface area contributed by atoms with Gasteiger partial charge in [-0.05, 0) is 41.8 Å². The molecular weight excluding hydrogens is 346 g/mol. The fourth-order valence-electron chi connectivity index (χ4n) is 3.39. The minimum absolute atomic E-state index is 0.0580. The summed E-state index contributed by atoms with van der Waals surface area (Å²) in [7, 11) is 3.18. The van der Waals surface area contributed by atoms with Crippen LogP contribution in [0.3, 0.4) is 0 Å². The van der Waals surface area contributed by atoms with Crippen molar-refractivity contribution < 1.29 is 14.3 Å². The first-order valence-corrected chi connectivity index (χ1v) is 8.63. The van der Waals surface area contributed by atoms with E-state index in [0.717, 1.165) is 11.1 Å². The molecule has 1 aromatic heterocycles. The predicted molar refractivity (Wildman–Crippen MR) is 100 cm³/mol. The summed E-state index contributed by atoms with van der Waals surface area (Å²) in [4.78, 5) is 33.8. The van der Waals surface area contributed by atoms with Crippen LogP contribution in [0.15, 0.2) is 41.2 Å². The molecule has 4 rings (SSSR count). The maximum atomic E-state index is 12.9. The Balaban J connectivity index is 1.66. The minimum Gasteiger partial charge on any atom is -0.493 e. The highest BCUT2D eigenvalue weighted by Crippen LogP contribution is 2.33. The van der Waals surface area contributed by atoms with E-state index in [0.29, 0.717) is 41.9 Å². The van der Waals surface area contributed by atoms with E-state index in [-0.39, 0.29) is 17.3 Å². The molecule has 0 unspecified atom stereocenters. The quantitative estimate of drug-likeness (QED) is 0.769. The SMILES string of the molecule is COc1cc2c(cc1OC)CN(C(=O)c1nc3ccccc3c(=O)[nH]1)CC2. The molecule has 0 saturated carbocycles. The Morgan fingerprint density at radius 3 is 2.56 bits per heavy atom. The molecule has 7 heteroatoms. The number of aromatic amines is 1. The molecule has 0 atom stereocenters. The largest absolute Gasteiger partial charge is 0.493 e. The first-order chi connectivity index (χ1) is 13.1. The molecule has 0 aliphatic carbocycles. The number of hydrogen-bond acceptors (Lipinski definition) is 5. The first kappa shape index (κ1) is 17.1. The van der Waals surface area contributed by atoms with Gasteiger partial charge in [-0.3, -0.25) is 9.59 Å². The van der Waals surface area contributed by atoms with Crippen molar-refractivity contribution in [3.05, 3.63) is 63.7 Å². The molecule has 1 aliphatic rings. The summed E-state index contributed by atoms with van der Waals surface area (Å²) in [5.74, 6) is 1.07. The Labute approximate surface area is 155 Å². The zero-order valence-corrected chi connectivity index (χ0v) is 15.1. The number of fused-ring (bicyclic) bond motifs is 2. The fraction of sp³-hybridized carbons (Fsp3) is 0.250. The Kier molecular flexibility index (Phi) is 4.27. The van der Waals surface area contributed by atoms with Gasteiger partial charge in [-0.15, -0.1) is 0 Å². The van der Waals surface area contributed by atoms with Gasteiger partial charge in [0.15, 0.2) is 17.3 Å². The van der Waals surface area contributed by atoms with Crippen LogP contribution in [0.5, 0.6) is 11.5 Å². The summed E-state index contributed by atoms with van der Waals surface area (Å²) in [5.41, 5.74) is 2.31. The molecule has 2 aromatic carbocycles. The highest BCUT2D eigenvalue weighted by atomic mass is 16.5. The summed E-state index contributed by atoms with van der Waals surface area (Å²) in [6.07, 6.45) is 0.694. The second kappa shape index (κ2) is 6.75. The van der Waals surface area contributed by atoms with Crippen molar-refractivity contribution in [2.45, 2.75) is 13.0 Å². The Morgan fingerprint density at radius 2 is 1.81 bits per heavy atom. The number of carbonyl (C=O) groups is 1. The van der Waals surface area contributed by atoms with Gasteiger partial charge in [0.2, 0.25) is 0 Å². The molecule has 0 spiro atoms. The second-order valence-corrected chi connectivity index (χ2v) is 6.38.